The molecule has 1 fully saturated rings. The van der Waals surface area contributed by atoms with E-state index in [2.05, 4.69) is 10.2 Å². The van der Waals surface area contributed by atoms with Crippen molar-refractivity contribution < 1.29 is 31.9 Å². The molecular formula is C33H28F4N4O4S2. The summed E-state index contributed by atoms with van der Waals surface area (Å²) in [4.78, 5) is 57.2. The smallest absolute Gasteiger partial charge is 0.372 e. The van der Waals surface area contributed by atoms with Gasteiger partial charge in [-0.3, -0.25) is 23.7 Å². The summed E-state index contributed by atoms with van der Waals surface area (Å²) in [5.41, 5.74) is 0.157. The van der Waals surface area contributed by atoms with E-state index in [-0.39, 0.29) is 0 Å². The molecule has 6 rings (SSSR count). The van der Waals surface area contributed by atoms with Crippen LogP contribution in [0.1, 0.15) is 35.8 Å². The Morgan fingerprint density at radius 2 is 1.57 bits per heavy atom. The van der Waals surface area contributed by atoms with Gasteiger partial charge in [0, 0.05) is 35.3 Å². The number of thioether (sulfide) groups is 1. The number of para-hydroxylation sites is 1. The van der Waals surface area contributed by atoms with Crippen molar-refractivity contribution in [1.29, 1.82) is 0 Å². The molecule has 0 bridgehead atoms. The van der Waals surface area contributed by atoms with Crippen molar-refractivity contribution in [3.05, 3.63) is 104 Å². The molecule has 0 unspecified atom stereocenters. The number of nitrogens with zero attached hydrogens (tertiary/aromatic N) is 3. The monoisotopic (exact) mass is 684 g/mol. The Morgan fingerprint density at radius 3 is 2.21 bits per heavy atom. The number of hydrogen-bond donors (Lipinski definition) is 1. The Hall–Kier alpha value is -4.43. The third-order valence-corrected chi connectivity index (χ3v) is 10.9. The number of hydrogen-bond acceptors (Lipinski definition) is 7. The van der Waals surface area contributed by atoms with Crippen molar-refractivity contribution >= 4 is 57.9 Å². The zero-order valence-corrected chi connectivity index (χ0v) is 26.7. The average molecular weight is 685 g/mol. The minimum absolute atomic E-state index is 0.292. The Kier molecular flexibility index (Phi) is 8.74. The Labute approximate surface area is 275 Å². The average Bonchev–Trinajstić information content (AvgIpc) is 3.48. The third kappa shape index (κ3) is 5.95. The van der Waals surface area contributed by atoms with Gasteiger partial charge in [-0.25, -0.2) is 9.29 Å². The Morgan fingerprint density at radius 1 is 0.915 bits per heavy atom. The number of carbonyl (C=O) groups excluding carboxylic acids is 3. The maximum Gasteiger partial charge on any atom is 0.418 e. The van der Waals surface area contributed by atoms with Gasteiger partial charge in [0.1, 0.15) is 17.6 Å². The molecule has 1 saturated heterocycles. The molecule has 0 spiro atoms. The normalized spacial score (nSPS) is 19.0. The van der Waals surface area contributed by atoms with Crippen molar-refractivity contribution in [3.63, 3.8) is 0 Å². The zero-order valence-electron chi connectivity index (χ0n) is 25.1. The first-order valence-electron chi connectivity index (χ1n) is 14.8. The SMILES string of the molecule is CCN(CC)c1ccc([C@@H]2c3sc(=O)n(CC(=O)Nc4ccc(F)cc4)c3S[C@H]3C(=O)N(c4ccccc4C(F)(F)F)C(=O)[C@@H]23)cc1. The van der Waals surface area contributed by atoms with Gasteiger partial charge in [-0.2, -0.15) is 13.2 Å². The molecule has 0 radical (unpaired) electrons. The lowest BCUT2D eigenvalue weighted by Gasteiger charge is -2.31. The summed E-state index contributed by atoms with van der Waals surface area (Å²) in [6.45, 7) is 5.07. The van der Waals surface area contributed by atoms with Crippen LogP contribution in [0.3, 0.4) is 0 Å². The van der Waals surface area contributed by atoms with Crippen molar-refractivity contribution in [2.24, 2.45) is 5.92 Å². The Bertz CT molecular complexity index is 1900. The van der Waals surface area contributed by atoms with Crippen LogP contribution in [0.5, 0.6) is 0 Å². The predicted octanol–water partition coefficient (Wildman–Crippen LogP) is 6.35. The maximum atomic E-state index is 14.1. The maximum absolute atomic E-state index is 14.1. The molecule has 14 heteroatoms. The van der Waals surface area contributed by atoms with E-state index in [1.807, 2.05) is 26.0 Å². The van der Waals surface area contributed by atoms with E-state index in [0.717, 1.165) is 54.0 Å². The van der Waals surface area contributed by atoms with E-state index < -0.39 is 69.5 Å². The van der Waals surface area contributed by atoms with Crippen LogP contribution in [-0.4, -0.2) is 40.6 Å². The molecule has 3 aromatic carbocycles. The van der Waals surface area contributed by atoms with Gasteiger partial charge in [0.2, 0.25) is 17.7 Å². The van der Waals surface area contributed by atoms with Crippen LogP contribution in [0, 0.1) is 11.7 Å². The summed E-state index contributed by atoms with van der Waals surface area (Å²) >= 11 is 1.74. The van der Waals surface area contributed by atoms with Gasteiger partial charge in [0.05, 0.1) is 22.2 Å². The molecule has 8 nitrogen and oxygen atoms in total. The highest BCUT2D eigenvalue weighted by Crippen LogP contribution is 2.54. The number of amides is 3. The highest BCUT2D eigenvalue weighted by molar-refractivity contribution is 8.00. The number of aromatic nitrogens is 1. The van der Waals surface area contributed by atoms with E-state index in [4.69, 9.17) is 0 Å². The summed E-state index contributed by atoms with van der Waals surface area (Å²) in [5.74, 6) is -4.67. The zero-order chi connectivity index (χ0) is 33.6. The fourth-order valence-corrected chi connectivity index (χ4v) is 8.89. The second-order valence-electron chi connectivity index (χ2n) is 11.0. The number of anilines is 3. The minimum atomic E-state index is -4.82. The number of thiazole rings is 1. The molecule has 244 valence electrons. The van der Waals surface area contributed by atoms with E-state index >= 15 is 0 Å². The lowest BCUT2D eigenvalue weighted by molar-refractivity contribution is -0.137. The fraction of sp³-hybridized carbons (Fsp3) is 0.273. The number of nitrogens with one attached hydrogen (secondary N) is 1. The molecule has 0 saturated carbocycles. The van der Waals surface area contributed by atoms with Gasteiger partial charge in [-0.1, -0.05) is 47.4 Å². The summed E-state index contributed by atoms with van der Waals surface area (Å²) in [6.07, 6.45) is -4.82. The van der Waals surface area contributed by atoms with Gasteiger partial charge in [0.15, 0.2) is 0 Å². The molecule has 2 aliphatic heterocycles. The molecule has 0 aliphatic carbocycles. The Balaban J connectivity index is 1.43. The number of fused-ring (bicyclic) bond motifs is 2. The summed E-state index contributed by atoms with van der Waals surface area (Å²) in [5, 5.41) is 1.74. The molecule has 1 aromatic heterocycles. The highest BCUT2D eigenvalue weighted by atomic mass is 32.2. The molecule has 3 amide bonds. The van der Waals surface area contributed by atoms with Crippen LogP contribution < -0.4 is 20.0 Å². The molecule has 1 N–H and O–H groups in total. The fourth-order valence-electron chi connectivity index (χ4n) is 6.12. The molecule has 3 atom stereocenters. The minimum Gasteiger partial charge on any atom is -0.372 e. The van der Waals surface area contributed by atoms with E-state index in [1.165, 1.54) is 41.0 Å². The molecule has 3 heterocycles. The number of halogens is 4. The van der Waals surface area contributed by atoms with Crippen LogP contribution in [0.25, 0.3) is 0 Å². The number of carbonyl (C=O) groups is 3. The summed E-state index contributed by atoms with van der Waals surface area (Å²) in [7, 11) is 0. The first kappa shape index (κ1) is 32.5. The van der Waals surface area contributed by atoms with Crippen molar-refractivity contribution in [3.8, 4) is 0 Å². The van der Waals surface area contributed by atoms with Crippen molar-refractivity contribution in [2.45, 2.75) is 42.8 Å². The van der Waals surface area contributed by atoms with Gasteiger partial charge >= 0.3 is 11.0 Å². The summed E-state index contributed by atoms with van der Waals surface area (Å²) < 4.78 is 56.7. The van der Waals surface area contributed by atoms with E-state index in [1.54, 1.807) is 12.1 Å². The molecule has 4 aromatic rings. The standard InChI is InChI=1S/C33H28F4N4O4S2/c1-3-39(4-2)21-15-9-18(10-16-21)25-26-27(30(44)41(29(26)43)23-8-6-5-7-22(23)33(35,36)37)46-31-28(25)47-32(45)40(31)17-24(42)38-20-13-11-19(34)12-14-20/h5-16,25-27H,3-4,17H2,1-2H3,(H,38,42)/t25-,26-,27+/m0/s1. The predicted molar refractivity (Wildman–Crippen MR) is 173 cm³/mol. The first-order chi connectivity index (χ1) is 22.4. The van der Waals surface area contributed by atoms with Gasteiger partial charge in [0.25, 0.3) is 0 Å². The molecule has 2 aliphatic rings. The van der Waals surface area contributed by atoms with E-state index in [0.29, 0.717) is 26.1 Å². The third-order valence-electron chi connectivity index (χ3n) is 8.31. The van der Waals surface area contributed by atoms with Crippen LogP contribution >= 0.6 is 23.1 Å². The van der Waals surface area contributed by atoms with Crippen LogP contribution in [-0.2, 0) is 27.1 Å². The van der Waals surface area contributed by atoms with Gasteiger partial charge in [-0.05, 0) is 67.9 Å². The second-order valence-corrected chi connectivity index (χ2v) is 13.1. The van der Waals surface area contributed by atoms with Crippen LogP contribution in [0.15, 0.2) is 82.6 Å². The number of rotatable bonds is 8. The largest absolute Gasteiger partial charge is 0.418 e. The molecule has 47 heavy (non-hydrogen) atoms. The van der Waals surface area contributed by atoms with Gasteiger partial charge < -0.3 is 10.2 Å². The second kappa shape index (κ2) is 12.6. The topological polar surface area (TPSA) is 91.7 Å². The van der Waals surface area contributed by atoms with Crippen LogP contribution in [0.2, 0.25) is 0 Å². The lowest BCUT2D eigenvalue weighted by atomic mass is 9.83. The lowest BCUT2D eigenvalue weighted by Crippen LogP contribution is -2.33. The highest BCUT2D eigenvalue weighted by Gasteiger charge is 2.57. The van der Waals surface area contributed by atoms with Crippen LogP contribution in [0.4, 0.5) is 34.6 Å². The molecular weight excluding hydrogens is 657 g/mol. The number of imide groups is 1. The number of benzene rings is 3. The van der Waals surface area contributed by atoms with Crippen molar-refractivity contribution in [1.82, 2.24) is 4.57 Å². The van der Waals surface area contributed by atoms with Gasteiger partial charge in [-0.15, -0.1) is 0 Å². The quantitative estimate of drug-likeness (QED) is 0.172. The summed E-state index contributed by atoms with van der Waals surface area (Å²) in [6, 6.07) is 16.9. The van der Waals surface area contributed by atoms with Crippen molar-refractivity contribution in [2.75, 3.05) is 28.2 Å². The van der Waals surface area contributed by atoms with E-state index in [9.17, 15) is 36.7 Å². The first-order valence-corrected chi connectivity index (χ1v) is 16.5. The number of alkyl halides is 3.